The molecule has 3 aromatic rings. The van der Waals surface area contributed by atoms with E-state index in [9.17, 15) is 14.4 Å². The standard InChI is InChI=1S/C33H35NO5/c1-33(2,3)19-18-23-10-14-26(15-11-23)29(21-25-12-16-27(17-13-25)31(36)38-4)30(35)34-28(22-39-32(34)37)20-24-8-6-5-7-9-24/h5-19,28-29H,20-22H2,1-4H3/b19-18+. The van der Waals surface area contributed by atoms with Gasteiger partial charge in [-0.2, -0.15) is 0 Å². The van der Waals surface area contributed by atoms with Crippen molar-refractivity contribution in [3.63, 3.8) is 0 Å². The predicted octanol–water partition coefficient (Wildman–Crippen LogP) is 6.45. The molecule has 1 fully saturated rings. The van der Waals surface area contributed by atoms with Crippen LogP contribution in [0.4, 0.5) is 4.79 Å². The highest BCUT2D eigenvalue weighted by atomic mass is 16.6. The van der Waals surface area contributed by atoms with Crippen LogP contribution >= 0.6 is 0 Å². The normalized spacial score (nSPS) is 16.3. The molecule has 0 saturated carbocycles. The van der Waals surface area contributed by atoms with Gasteiger partial charge in [0.2, 0.25) is 5.91 Å². The van der Waals surface area contributed by atoms with Crippen molar-refractivity contribution in [2.24, 2.45) is 5.41 Å². The SMILES string of the molecule is COC(=O)c1ccc(CC(C(=O)N2C(=O)OCC2Cc2ccccc2)c2ccc(/C=C/C(C)(C)C)cc2)cc1. The van der Waals surface area contributed by atoms with Gasteiger partial charge in [0.15, 0.2) is 0 Å². The number of benzene rings is 3. The minimum atomic E-state index is -0.614. The van der Waals surface area contributed by atoms with E-state index < -0.39 is 18.0 Å². The first-order valence-electron chi connectivity index (χ1n) is 13.1. The van der Waals surface area contributed by atoms with Crippen molar-refractivity contribution in [1.82, 2.24) is 4.90 Å². The number of ether oxygens (including phenoxy) is 2. The Morgan fingerprint density at radius 1 is 0.974 bits per heavy atom. The number of hydrogen-bond acceptors (Lipinski definition) is 5. The molecule has 1 aliphatic heterocycles. The van der Waals surface area contributed by atoms with Gasteiger partial charge in [-0.3, -0.25) is 4.79 Å². The Morgan fingerprint density at radius 3 is 2.26 bits per heavy atom. The lowest BCUT2D eigenvalue weighted by Gasteiger charge is -2.25. The molecular formula is C33H35NO5. The van der Waals surface area contributed by atoms with Gasteiger partial charge in [-0.15, -0.1) is 0 Å². The Morgan fingerprint density at radius 2 is 1.64 bits per heavy atom. The van der Waals surface area contributed by atoms with Crippen LogP contribution in [0.5, 0.6) is 0 Å². The number of methoxy groups -OCH3 is 1. The van der Waals surface area contributed by atoms with Crippen molar-refractivity contribution in [3.05, 3.63) is 113 Å². The Bertz CT molecular complexity index is 1320. The number of imide groups is 1. The molecule has 6 nitrogen and oxygen atoms in total. The molecule has 1 saturated heterocycles. The molecule has 0 N–H and O–H groups in total. The van der Waals surface area contributed by atoms with Gasteiger partial charge in [0.1, 0.15) is 6.61 Å². The summed E-state index contributed by atoms with van der Waals surface area (Å²) in [5.74, 6) is -1.33. The number of rotatable bonds is 8. The van der Waals surface area contributed by atoms with Gasteiger partial charge in [0.25, 0.3) is 0 Å². The lowest BCUT2D eigenvalue weighted by Crippen LogP contribution is -2.43. The zero-order valence-electron chi connectivity index (χ0n) is 22.9. The lowest BCUT2D eigenvalue weighted by atomic mass is 9.89. The summed E-state index contributed by atoms with van der Waals surface area (Å²) in [6.45, 7) is 6.58. The van der Waals surface area contributed by atoms with E-state index in [0.717, 1.165) is 22.3 Å². The third-order valence-electron chi connectivity index (χ3n) is 6.74. The van der Waals surface area contributed by atoms with Crippen LogP contribution in [0.2, 0.25) is 0 Å². The van der Waals surface area contributed by atoms with Crippen molar-refractivity contribution in [2.45, 2.75) is 45.6 Å². The minimum absolute atomic E-state index is 0.0530. The summed E-state index contributed by atoms with van der Waals surface area (Å²) >= 11 is 0. The van der Waals surface area contributed by atoms with Crippen molar-refractivity contribution in [2.75, 3.05) is 13.7 Å². The van der Waals surface area contributed by atoms with Gasteiger partial charge in [0.05, 0.1) is 24.6 Å². The molecule has 0 spiro atoms. The fourth-order valence-electron chi connectivity index (χ4n) is 4.60. The monoisotopic (exact) mass is 525 g/mol. The average molecular weight is 526 g/mol. The van der Waals surface area contributed by atoms with E-state index >= 15 is 0 Å². The van der Waals surface area contributed by atoms with E-state index in [1.54, 1.807) is 12.1 Å². The van der Waals surface area contributed by atoms with Gasteiger partial charge in [-0.25, -0.2) is 14.5 Å². The molecule has 4 rings (SSSR count). The highest BCUT2D eigenvalue weighted by molar-refractivity contribution is 5.97. The maximum absolute atomic E-state index is 14.1. The highest BCUT2D eigenvalue weighted by Crippen LogP contribution is 2.29. The molecule has 0 bridgehead atoms. The molecule has 1 heterocycles. The van der Waals surface area contributed by atoms with Crippen molar-refractivity contribution < 1.29 is 23.9 Å². The number of amides is 2. The third kappa shape index (κ3) is 7.23. The second-order valence-corrected chi connectivity index (χ2v) is 10.9. The second-order valence-electron chi connectivity index (χ2n) is 10.9. The highest BCUT2D eigenvalue weighted by Gasteiger charge is 2.41. The maximum Gasteiger partial charge on any atom is 0.417 e. The Kier molecular flexibility index (Phi) is 8.65. The van der Waals surface area contributed by atoms with Gasteiger partial charge < -0.3 is 9.47 Å². The van der Waals surface area contributed by atoms with Crippen LogP contribution in [0.15, 0.2) is 84.9 Å². The molecule has 2 amide bonds. The molecule has 0 aliphatic carbocycles. The summed E-state index contributed by atoms with van der Waals surface area (Å²) in [7, 11) is 1.34. The zero-order chi connectivity index (χ0) is 28.0. The smallest absolute Gasteiger partial charge is 0.417 e. The van der Waals surface area contributed by atoms with Gasteiger partial charge >= 0.3 is 12.1 Å². The quantitative estimate of drug-likeness (QED) is 0.316. The van der Waals surface area contributed by atoms with Gasteiger partial charge in [-0.1, -0.05) is 99.7 Å². The van der Waals surface area contributed by atoms with Crippen molar-refractivity contribution in [1.29, 1.82) is 0 Å². The van der Waals surface area contributed by atoms with Crippen molar-refractivity contribution >= 4 is 24.0 Å². The topological polar surface area (TPSA) is 72.9 Å². The van der Waals surface area contributed by atoms with E-state index in [2.05, 4.69) is 32.9 Å². The molecule has 6 heteroatoms. The number of nitrogens with zero attached hydrogens (tertiary/aromatic N) is 1. The van der Waals surface area contributed by atoms with Gasteiger partial charge in [-0.05, 0) is 52.6 Å². The molecular weight excluding hydrogens is 490 g/mol. The average Bonchev–Trinajstić information content (AvgIpc) is 3.30. The molecule has 0 radical (unpaired) electrons. The summed E-state index contributed by atoms with van der Waals surface area (Å²) in [4.78, 5) is 40.0. The number of esters is 1. The number of cyclic esters (lactones) is 1. The minimum Gasteiger partial charge on any atom is -0.465 e. The number of hydrogen-bond donors (Lipinski definition) is 0. The van der Waals surface area contributed by atoms with Crippen LogP contribution in [-0.4, -0.2) is 42.6 Å². The second kappa shape index (κ2) is 12.1. The van der Waals surface area contributed by atoms with E-state index in [-0.39, 0.29) is 24.0 Å². The molecule has 1 aliphatic rings. The van der Waals surface area contributed by atoms with Crippen LogP contribution < -0.4 is 0 Å². The van der Waals surface area contributed by atoms with E-state index in [1.807, 2.05) is 66.7 Å². The number of allylic oxidation sites excluding steroid dienone is 1. The van der Waals surface area contributed by atoms with Crippen LogP contribution in [-0.2, 0) is 27.1 Å². The largest absolute Gasteiger partial charge is 0.465 e. The van der Waals surface area contributed by atoms with Crippen molar-refractivity contribution in [3.8, 4) is 0 Å². The first kappa shape index (κ1) is 27.8. The van der Waals surface area contributed by atoms with E-state index in [4.69, 9.17) is 9.47 Å². The molecule has 202 valence electrons. The first-order chi connectivity index (χ1) is 18.6. The predicted molar refractivity (Wildman–Crippen MR) is 151 cm³/mol. The Hall–Kier alpha value is -4.19. The molecule has 2 atom stereocenters. The summed E-state index contributed by atoms with van der Waals surface area (Å²) in [5, 5.41) is 0. The summed E-state index contributed by atoms with van der Waals surface area (Å²) < 4.78 is 10.2. The van der Waals surface area contributed by atoms with Crippen LogP contribution in [0.25, 0.3) is 6.08 Å². The summed E-state index contributed by atoms with van der Waals surface area (Å²) in [6, 6.07) is 24.3. The van der Waals surface area contributed by atoms with Crippen LogP contribution in [0.1, 0.15) is 59.3 Å². The zero-order valence-corrected chi connectivity index (χ0v) is 22.9. The molecule has 0 aromatic heterocycles. The van der Waals surface area contributed by atoms with E-state index in [1.165, 1.54) is 12.0 Å². The summed E-state index contributed by atoms with van der Waals surface area (Å²) in [6.07, 6.45) is 4.48. The maximum atomic E-state index is 14.1. The lowest BCUT2D eigenvalue weighted by molar-refractivity contribution is -0.130. The molecule has 3 aromatic carbocycles. The molecule has 2 unspecified atom stereocenters. The first-order valence-corrected chi connectivity index (χ1v) is 13.1. The Balaban J connectivity index is 1.64. The number of carbonyl (C=O) groups is 3. The van der Waals surface area contributed by atoms with Crippen LogP contribution in [0.3, 0.4) is 0 Å². The third-order valence-corrected chi connectivity index (χ3v) is 6.74. The number of carbonyl (C=O) groups excluding carboxylic acids is 3. The van der Waals surface area contributed by atoms with E-state index in [0.29, 0.717) is 18.4 Å². The molecule has 39 heavy (non-hydrogen) atoms. The van der Waals surface area contributed by atoms with Crippen LogP contribution in [0, 0.1) is 5.41 Å². The summed E-state index contributed by atoms with van der Waals surface area (Å²) in [5.41, 5.74) is 4.23. The fourth-order valence-corrected chi connectivity index (χ4v) is 4.60. The Labute approximate surface area is 230 Å². The van der Waals surface area contributed by atoms with Gasteiger partial charge in [0, 0.05) is 0 Å². The fraction of sp³-hybridized carbons (Fsp3) is 0.303.